The van der Waals surface area contributed by atoms with E-state index in [1.54, 1.807) is 0 Å². The van der Waals surface area contributed by atoms with Crippen molar-refractivity contribution in [2.45, 2.75) is 38.0 Å². The van der Waals surface area contributed by atoms with Gasteiger partial charge in [-0.2, -0.15) is 0 Å². The van der Waals surface area contributed by atoms with Crippen LogP contribution < -0.4 is 4.72 Å². The van der Waals surface area contributed by atoms with Crippen LogP contribution >= 0.6 is 0 Å². The average Bonchev–Trinajstić information content (AvgIpc) is 2.54. The first-order valence-corrected chi connectivity index (χ1v) is 9.90. The summed E-state index contributed by atoms with van der Waals surface area (Å²) in [5.41, 5.74) is 2.12. The van der Waals surface area contributed by atoms with Gasteiger partial charge in [0.2, 0.25) is 15.9 Å². The van der Waals surface area contributed by atoms with Crippen molar-refractivity contribution in [2.24, 2.45) is 5.92 Å². The second-order valence-electron chi connectivity index (χ2n) is 6.47. The van der Waals surface area contributed by atoms with Gasteiger partial charge in [-0.3, -0.25) is 9.52 Å². The molecule has 1 aromatic rings. The van der Waals surface area contributed by atoms with E-state index in [0.29, 0.717) is 19.6 Å². The van der Waals surface area contributed by atoms with E-state index in [1.165, 1.54) is 0 Å². The minimum absolute atomic E-state index is 0.0207. The topological polar surface area (TPSA) is 72.5 Å². The predicted molar refractivity (Wildman–Crippen MR) is 87.6 cm³/mol. The van der Waals surface area contributed by atoms with Crippen LogP contribution in [0.25, 0.3) is 0 Å². The number of amides is 1. The average molecular weight is 337 g/mol. The molecule has 6 heteroatoms. The summed E-state index contributed by atoms with van der Waals surface area (Å²) in [6.07, 6.45) is 4.27. The Bertz CT molecular complexity index is 665. The highest BCUT2D eigenvalue weighted by molar-refractivity contribution is 7.90. The van der Waals surface area contributed by atoms with Gasteiger partial charge in [0.25, 0.3) is 0 Å². The summed E-state index contributed by atoms with van der Waals surface area (Å²) in [5, 5.41) is 0. The number of aryl methyl sites for hydroxylation is 1. The summed E-state index contributed by atoms with van der Waals surface area (Å²) < 4.78 is 32.2. The van der Waals surface area contributed by atoms with Gasteiger partial charge in [-0.15, -0.1) is 0 Å². The molecule has 23 heavy (non-hydrogen) atoms. The van der Waals surface area contributed by atoms with Crippen molar-refractivity contribution < 1.29 is 17.9 Å². The molecule has 0 saturated carbocycles. The maximum atomic E-state index is 12.5. The lowest BCUT2D eigenvalue weighted by Crippen LogP contribution is -2.39. The van der Waals surface area contributed by atoms with Crippen LogP contribution in [0.1, 0.15) is 42.7 Å². The number of rotatable bonds is 4. The molecule has 126 valence electrons. The summed E-state index contributed by atoms with van der Waals surface area (Å²) in [6, 6.07) is 7.81. The Morgan fingerprint density at radius 2 is 2.04 bits per heavy atom. The van der Waals surface area contributed by atoms with E-state index in [4.69, 9.17) is 4.74 Å². The van der Waals surface area contributed by atoms with Crippen LogP contribution in [-0.4, -0.2) is 33.3 Å². The van der Waals surface area contributed by atoms with Crippen LogP contribution in [0.4, 0.5) is 0 Å². The van der Waals surface area contributed by atoms with Crippen LogP contribution in [0.3, 0.4) is 0 Å². The Balaban J connectivity index is 1.67. The molecule has 0 radical (unpaired) electrons. The van der Waals surface area contributed by atoms with Gasteiger partial charge in [0.05, 0.1) is 18.3 Å². The molecule has 2 unspecified atom stereocenters. The van der Waals surface area contributed by atoms with E-state index < -0.39 is 15.9 Å². The predicted octanol–water partition coefficient (Wildman–Crippen LogP) is 1.98. The van der Waals surface area contributed by atoms with E-state index in [-0.39, 0.29) is 17.6 Å². The van der Waals surface area contributed by atoms with Gasteiger partial charge in [-0.25, -0.2) is 8.42 Å². The number of hydrogen-bond acceptors (Lipinski definition) is 4. The van der Waals surface area contributed by atoms with E-state index in [0.717, 1.165) is 36.8 Å². The largest absolute Gasteiger partial charge is 0.381 e. The Hall–Kier alpha value is -1.40. The normalized spacial score (nSPS) is 24.7. The molecule has 3 rings (SSSR count). The molecule has 1 heterocycles. The fraction of sp³-hybridized carbons (Fsp3) is 0.588. The number of sulfonamides is 1. The molecule has 0 bridgehead atoms. The summed E-state index contributed by atoms with van der Waals surface area (Å²) in [7, 11) is -3.61. The maximum absolute atomic E-state index is 12.5. The zero-order valence-electron chi connectivity index (χ0n) is 13.2. The zero-order valence-corrected chi connectivity index (χ0v) is 14.0. The van der Waals surface area contributed by atoms with Gasteiger partial charge in [-0.05, 0) is 49.1 Å². The van der Waals surface area contributed by atoms with Gasteiger partial charge in [0, 0.05) is 6.61 Å². The van der Waals surface area contributed by atoms with Gasteiger partial charge in [0.1, 0.15) is 0 Å². The van der Waals surface area contributed by atoms with Crippen LogP contribution in [0.15, 0.2) is 24.3 Å². The first kappa shape index (κ1) is 16.5. The molecule has 2 atom stereocenters. The number of hydrogen-bond donors (Lipinski definition) is 1. The zero-order chi connectivity index (χ0) is 16.3. The van der Waals surface area contributed by atoms with Crippen molar-refractivity contribution >= 4 is 15.9 Å². The quantitative estimate of drug-likeness (QED) is 0.912. The van der Waals surface area contributed by atoms with Crippen LogP contribution in [0, 0.1) is 5.92 Å². The first-order valence-electron chi connectivity index (χ1n) is 8.25. The number of carbonyl (C=O) groups is 1. The van der Waals surface area contributed by atoms with E-state index in [1.807, 2.05) is 24.3 Å². The van der Waals surface area contributed by atoms with Gasteiger partial charge in [-0.1, -0.05) is 24.3 Å². The third-order valence-corrected chi connectivity index (χ3v) is 6.07. The summed E-state index contributed by atoms with van der Waals surface area (Å²) in [5.74, 6) is -0.813. The maximum Gasteiger partial charge on any atom is 0.240 e. The highest BCUT2D eigenvalue weighted by Gasteiger charge is 2.30. The minimum atomic E-state index is -3.61. The summed E-state index contributed by atoms with van der Waals surface area (Å²) >= 11 is 0. The lowest BCUT2D eigenvalue weighted by atomic mass is 9.82. The lowest BCUT2D eigenvalue weighted by Gasteiger charge is -2.25. The molecule has 1 amide bonds. The van der Waals surface area contributed by atoms with Crippen LogP contribution in [0.5, 0.6) is 0 Å². The molecular weight excluding hydrogens is 314 g/mol. The first-order chi connectivity index (χ1) is 11.1. The molecule has 1 saturated heterocycles. The van der Waals surface area contributed by atoms with Crippen molar-refractivity contribution in [3.63, 3.8) is 0 Å². The highest BCUT2D eigenvalue weighted by atomic mass is 32.2. The Kier molecular flexibility index (Phi) is 5.02. The number of nitrogens with one attached hydrogen (secondary N) is 1. The third kappa shape index (κ3) is 4.12. The Labute approximate surface area is 137 Å². The molecule has 5 nitrogen and oxygen atoms in total. The monoisotopic (exact) mass is 337 g/mol. The second-order valence-corrected chi connectivity index (χ2v) is 8.24. The number of carbonyl (C=O) groups excluding carboxylic acids is 1. The summed E-state index contributed by atoms with van der Waals surface area (Å²) in [6.45, 7) is 1.16. The second kappa shape index (κ2) is 7.01. The molecule has 0 aromatic heterocycles. The van der Waals surface area contributed by atoms with Crippen molar-refractivity contribution in [3.8, 4) is 0 Å². The molecule has 1 fully saturated rings. The fourth-order valence-corrected chi connectivity index (χ4v) is 4.96. The molecule has 1 aromatic carbocycles. The van der Waals surface area contributed by atoms with E-state index in [9.17, 15) is 13.2 Å². The molecule has 1 N–H and O–H groups in total. The third-order valence-electron chi connectivity index (χ3n) is 4.65. The van der Waals surface area contributed by atoms with Gasteiger partial charge >= 0.3 is 0 Å². The van der Waals surface area contributed by atoms with Crippen molar-refractivity contribution in [1.29, 1.82) is 0 Å². The van der Waals surface area contributed by atoms with Crippen molar-refractivity contribution in [1.82, 2.24) is 4.72 Å². The fourth-order valence-electron chi connectivity index (χ4n) is 3.54. The SMILES string of the molecule is O=C(NS(=O)(=O)CC1CCCOC1)C1CCCc2ccccc21. The minimum Gasteiger partial charge on any atom is -0.381 e. The number of ether oxygens (including phenoxy) is 1. The lowest BCUT2D eigenvalue weighted by molar-refractivity contribution is -0.121. The van der Waals surface area contributed by atoms with Gasteiger partial charge in [0.15, 0.2) is 0 Å². The molecule has 1 aliphatic heterocycles. The standard InChI is InChI=1S/C17H23NO4S/c19-17(16-9-3-7-14-6-1-2-8-15(14)16)18-23(20,21)12-13-5-4-10-22-11-13/h1-2,6,8,13,16H,3-5,7,9-12H2,(H,18,19). The van der Waals surface area contributed by atoms with Crippen molar-refractivity contribution in [2.75, 3.05) is 19.0 Å². The van der Waals surface area contributed by atoms with Crippen LogP contribution in [-0.2, 0) is 26.0 Å². The van der Waals surface area contributed by atoms with E-state index in [2.05, 4.69) is 4.72 Å². The Morgan fingerprint density at radius 1 is 1.22 bits per heavy atom. The van der Waals surface area contributed by atoms with Gasteiger partial charge < -0.3 is 4.74 Å². The number of fused-ring (bicyclic) bond motifs is 1. The smallest absolute Gasteiger partial charge is 0.240 e. The molecular formula is C17H23NO4S. The summed E-state index contributed by atoms with van der Waals surface area (Å²) in [4.78, 5) is 12.5. The molecule has 1 aliphatic carbocycles. The van der Waals surface area contributed by atoms with E-state index >= 15 is 0 Å². The molecule has 2 aliphatic rings. The number of benzene rings is 1. The Morgan fingerprint density at radius 3 is 2.83 bits per heavy atom. The highest BCUT2D eigenvalue weighted by Crippen LogP contribution is 2.31. The molecule has 0 spiro atoms. The van der Waals surface area contributed by atoms with Crippen molar-refractivity contribution in [3.05, 3.63) is 35.4 Å². The van der Waals surface area contributed by atoms with Crippen LogP contribution in [0.2, 0.25) is 0 Å².